The lowest BCUT2D eigenvalue weighted by atomic mass is 9.95. The van der Waals surface area contributed by atoms with E-state index >= 15 is 0 Å². The van der Waals surface area contributed by atoms with E-state index in [2.05, 4.69) is 30.5 Å². The number of nitrogens with zero attached hydrogens (tertiary/aromatic N) is 3. The van der Waals surface area contributed by atoms with Crippen LogP contribution in [0.5, 0.6) is 5.75 Å². The largest absolute Gasteiger partial charge is 0.508 e. The maximum Gasteiger partial charge on any atom is 0.229 e. The number of nitrogens with one attached hydrogen (secondary N) is 3. The summed E-state index contributed by atoms with van der Waals surface area (Å²) in [4.78, 5) is 24.6. The van der Waals surface area contributed by atoms with Gasteiger partial charge >= 0.3 is 0 Å². The molecule has 39 heavy (non-hydrogen) atoms. The van der Waals surface area contributed by atoms with Crippen LogP contribution in [0.3, 0.4) is 0 Å². The number of amides is 1. The molecule has 0 aliphatic heterocycles. The second kappa shape index (κ2) is 9.05. The Labute approximate surface area is 223 Å². The maximum absolute atomic E-state index is 14.0. The maximum atomic E-state index is 14.0. The number of rotatable bonds is 4. The summed E-state index contributed by atoms with van der Waals surface area (Å²) in [6, 6.07) is 15.5. The van der Waals surface area contributed by atoms with E-state index in [-0.39, 0.29) is 11.7 Å². The van der Waals surface area contributed by atoms with Gasteiger partial charge in [-0.05, 0) is 59.2 Å². The smallest absolute Gasteiger partial charge is 0.229 e. The first kappa shape index (κ1) is 24.3. The molecule has 1 amide bonds. The number of carbonyl (C=O) groups is 1. The number of hydrogen-bond donors (Lipinski definition) is 4. The van der Waals surface area contributed by atoms with Crippen LogP contribution in [-0.2, 0) is 4.79 Å². The third kappa shape index (κ3) is 4.59. The lowest BCUT2D eigenvalue weighted by Crippen LogP contribution is -2.27. The Bertz CT molecular complexity index is 1860. The Morgan fingerprint density at radius 1 is 0.949 bits per heavy atom. The highest BCUT2D eigenvalue weighted by molar-refractivity contribution is 6.01. The molecule has 0 aliphatic carbocycles. The number of benzene rings is 2. The molecule has 9 heteroatoms. The second-order valence-corrected chi connectivity index (χ2v) is 10.5. The van der Waals surface area contributed by atoms with Crippen LogP contribution < -0.4 is 5.32 Å². The molecule has 0 bridgehead atoms. The van der Waals surface area contributed by atoms with Crippen molar-refractivity contribution in [2.75, 3.05) is 5.32 Å². The fourth-order valence-electron chi connectivity index (χ4n) is 4.52. The number of aromatic amines is 2. The van der Waals surface area contributed by atoms with Crippen LogP contribution in [0.1, 0.15) is 20.8 Å². The van der Waals surface area contributed by atoms with Crippen LogP contribution in [-0.4, -0.2) is 36.2 Å². The number of phenolic OH excluding ortho intramolecular Hbond substituents is 1. The van der Waals surface area contributed by atoms with Gasteiger partial charge in [-0.1, -0.05) is 26.8 Å². The van der Waals surface area contributed by atoms with Gasteiger partial charge in [0.25, 0.3) is 0 Å². The minimum Gasteiger partial charge on any atom is -0.508 e. The van der Waals surface area contributed by atoms with Gasteiger partial charge in [0.2, 0.25) is 5.91 Å². The summed E-state index contributed by atoms with van der Waals surface area (Å²) in [6.07, 6.45) is 5.02. The fraction of sp³-hybridized carbons (Fsp3) is 0.133. The van der Waals surface area contributed by atoms with Crippen LogP contribution in [0, 0.1) is 11.2 Å². The first-order chi connectivity index (χ1) is 18.7. The highest BCUT2D eigenvalue weighted by atomic mass is 19.1. The van der Waals surface area contributed by atoms with Gasteiger partial charge in [-0.15, -0.1) is 0 Å². The van der Waals surface area contributed by atoms with E-state index in [1.165, 1.54) is 12.1 Å². The summed E-state index contributed by atoms with van der Waals surface area (Å²) in [5, 5.41) is 22.1. The van der Waals surface area contributed by atoms with E-state index in [1.54, 1.807) is 24.7 Å². The van der Waals surface area contributed by atoms with Crippen molar-refractivity contribution in [2.45, 2.75) is 20.8 Å². The molecule has 0 aliphatic rings. The van der Waals surface area contributed by atoms with Crippen LogP contribution >= 0.6 is 0 Å². The van der Waals surface area contributed by atoms with Crippen LogP contribution in [0.15, 0.2) is 73.2 Å². The number of aromatic hydroxyl groups is 1. The zero-order valence-corrected chi connectivity index (χ0v) is 21.5. The van der Waals surface area contributed by atoms with Gasteiger partial charge in [-0.2, -0.15) is 5.10 Å². The van der Waals surface area contributed by atoms with Crippen LogP contribution in [0.25, 0.3) is 55.6 Å². The molecule has 8 nitrogen and oxygen atoms in total. The van der Waals surface area contributed by atoms with Crippen molar-refractivity contribution in [3.63, 3.8) is 0 Å². The first-order valence-electron chi connectivity index (χ1n) is 12.4. The van der Waals surface area contributed by atoms with E-state index < -0.39 is 11.2 Å². The Hall–Kier alpha value is -5.05. The molecule has 2 aromatic carbocycles. The molecule has 6 rings (SSSR count). The topological polar surface area (TPSA) is 120 Å². The Morgan fingerprint density at radius 3 is 2.59 bits per heavy atom. The number of fused-ring (bicyclic) bond motifs is 2. The van der Waals surface area contributed by atoms with E-state index in [0.717, 1.165) is 44.7 Å². The zero-order chi connectivity index (χ0) is 27.3. The van der Waals surface area contributed by atoms with Crippen molar-refractivity contribution in [1.82, 2.24) is 25.1 Å². The second-order valence-electron chi connectivity index (χ2n) is 10.5. The summed E-state index contributed by atoms with van der Waals surface area (Å²) in [7, 11) is 0. The van der Waals surface area contributed by atoms with E-state index in [4.69, 9.17) is 0 Å². The summed E-state index contributed by atoms with van der Waals surface area (Å²) < 4.78 is 14.0. The summed E-state index contributed by atoms with van der Waals surface area (Å²) in [5.41, 5.74) is 6.04. The van der Waals surface area contributed by atoms with Gasteiger partial charge < -0.3 is 15.4 Å². The van der Waals surface area contributed by atoms with Gasteiger partial charge in [-0.3, -0.25) is 14.9 Å². The van der Waals surface area contributed by atoms with Gasteiger partial charge in [-0.25, -0.2) is 9.37 Å². The van der Waals surface area contributed by atoms with Crippen molar-refractivity contribution in [3.8, 4) is 39.4 Å². The quantitative estimate of drug-likeness (QED) is 0.207. The number of H-pyrrole nitrogens is 2. The van der Waals surface area contributed by atoms with E-state index in [0.29, 0.717) is 22.6 Å². The van der Waals surface area contributed by atoms with Crippen LogP contribution in [0.4, 0.5) is 10.1 Å². The summed E-state index contributed by atoms with van der Waals surface area (Å²) in [5.74, 6) is -0.754. The number of aromatic nitrogens is 5. The van der Waals surface area contributed by atoms with Crippen molar-refractivity contribution in [3.05, 3.63) is 79.0 Å². The number of anilines is 1. The number of pyridine rings is 2. The monoisotopic (exact) mass is 520 g/mol. The standard InChI is InChI=1S/C30H25FN6O2/c1-30(2,3)29(39)34-20-9-18(14-32-15-20)16-4-5-25-24(11-16)27(37-36-25)26-13-23-22(6-7-33-28(23)35-26)17-8-19(31)12-21(38)10-17/h4-15,38H,1-3H3,(H,33,35)(H,34,39)(H,36,37). The third-order valence-corrected chi connectivity index (χ3v) is 6.55. The molecule has 6 aromatic rings. The minimum absolute atomic E-state index is 0.0886. The number of carbonyl (C=O) groups excluding carboxylic acids is 1. The zero-order valence-electron chi connectivity index (χ0n) is 21.5. The van der Waals surface area contributed by atoms with E-state index in [1.807, 2.05) is 51.1 Å². The molecule has 0 saturated heterocycles. The highest BCUT2D eigenvalue weighted by Gasteiger charge is 2.21. The number of halogens is 1. The molecule has 0 atom stereocenters. The predicted octanol–water partition coefficient (Wildman–Crippen LogP) is 6.66. The minimum atomic E-state index is -0.524. The van der Waals surface area contributed by atoms with Crippen molar-refractivity contribution in [2.24, 2.45) is 5.41 Å². The summed E-state index contributed by atoms with van der Waals surface area (Å²) in [6.45, 7) is 5.58. The average molecular weight is 521 g/mol. The third-order valence-electron chi connectivity index (χ3n) is 6.55. The van der Waals surface area contributed by atoms with Gasteiger partial charge in [0.1, 0.15) is 22.9 Å². The molecule has 194 valence electrons. The molecule has 4 heterocycles. The molecule has 0 saturated carbocycles. The normalized spacial score (nSPS) is 11.8. The van der Waals surface area contributed by atoms with Gasteiger partial charge in [0.15, 0.2) is 0 Å². The summed E-state index contributed by atoms with van der Waals surface area (Å²) >= 11 is 0. The lowest BCUT2D eigenvalue weighted by molar-refractivity contribution is -0.123. The van der Waals surface area contributed by atoms with Crippen molar-refractivity contribution >= 4 is 33.5 Å². The highest BCUT2D eigenvalue weighted by Crippen LogP contribution is 2.36. The fourth-order valence-corrected chi connectivity index (χ4v) is 4.52. The van der Waals surface area contributed by atoms with Crippen molar-refractivity contribution in [1.29, 1.82) is 0 Å². The van der Waals surface area contributed by atoms with Gasteiger partial charge in [0.05, 0.1) is 23.1 Å². The molecule has 0 radical (unpaired) electrons. The molecule has 4 aromatic heterocycles. The Balaban J connectivity index is 1.41. The first-order valence-corrected chi connectivity index (χ1v) is 12.4. The molecular formula is C30H25FN6O2. The molecule has 4 N–H and O–H groups in total. The van der Waals surface area contributed by atoms with Crippen molar-refractivity contribution < 1.29 is 14.3 Å². The SMILES string of the molecule is CC(C)(C)C(=O)Nc1cncc(-c2ccc3[nH]nc(-c4cc5c(-c6cc(O)cc(F)c6)ccnc5[nH]4)c3c2)c1. The predicted molar refractivity (Wildman–Crippen MR) is 150 cm³/mol. The Morgan fingerprint density at radius 2 is 1.79 bits per heavy atom. The molecule has 0 unspecified atom stereocenters. The molecular weight excluding hydrogens is 495 g/mol. The Kier molecular flexibility index (Phi) is 5.64. The molecule has 0 fully saturated rings. The lowest BCUT2D eigenvalue weighted by Gasteiger charge is -2.17. The van der Waals surface area contributed by atoms with Gasteiger partial charge in [0, 0.05) is 40.2 Å². The van der Waals surface area contributed by atoms with Crippen LogP contribution in [0.2, 0.25) is 0 Å². The van der Waals surface area contributed by atoms with E-state index in [9.17, 15) is 14.3 Å². The average Bonchev–Trinajstić information content (AvgIpc) is 3.51. The molecule has 0 spiro atoms. The number of phenols is 1. The number of hydrogen-bond acceptors (Lipinski definition) is 5.